The first kappa shape index (κ1) is 14.5. The van der Waals surface area contributed by atoms with E-state index >= 15 is 0 Å². The maximum Gasteiger partial charge on any atom is 0.228 e. The van der Waals surface area contributed by atoms with Crippen LogP contribution in [0, 0.1) is 5.41 Å². The molecule has 1 amide bonds. The van der Waals surface area contributed by atoms with Crippen molar-refractivity contribution < 1.29 is 9.53 Å². The summed E-state index contributed by atoms with van der Waals surface area (Å²) < 4.78 is 5.12. The smallest absolute Gasteiger partial charge is 0.228 e. The zero-order valence-electron chi connectivity index (χ0n) is 11.6. The van der Waals surface area contributed by atoms with Gasteiger partial charge in [-0.05, 0) is 33.4 Å². The Kier molecular flexibility index (Phi) is 5.40. The molecule has 0 aromatic rings. The first-order chi connectivity index (χ1) is 8.05. The molecule has 100 valence electrons. The number of likely N-dealkylation sites (N-methyl/N-ethyl adjacent to an activating group) is 1. The minimum Gasteiger partial charge on any atom is -0.384 e. The third-order valence-electron chi connectivity index (χ3n) is 3.61. The summed E-state index contributed by atoms with van der Waals surface area (Å²) in [6.07, 6.45) is 4.19. The topological polar surface area (TPSA) is 41.6 Å². The minimum absolute atomic E-state index is 0.169. The molecule has 1 saturated carbocycles. The predicted octanol–water partition coefficient (Wildman–Crippen LogP) is 1.26. The van der Waals surface area contributed by atoms with E-state index in [2.05, 4.69) is 31.2 Å². The molecular formula is C13H26N2O2. The van der Waals surface area contributed by atoms with Crippen LogP contribution in [0.5, 0.6) is 0 Å². The summed E-state index contributed by atoms with van der Waals surface area (Å²) in [6.45, 7) is 3.47. The van der Waals surface area contributed by atoms with Crippen molar-refractivity contribution in [1.29, 1.82) is 0 Å². The Morgan fingerprint density at radius 3 is 2.53 bits per heavy atom. The summed E-state index contributed by atoms with van der Waals surface area (Å²) in [5, 5.41) is 3.08. The third-order valence-corrected chi connectivity index (χ3v) is 3.61. The van der Waals surface area contributed by atoms with Crippen molar-refractivity contribution in [2.45, 2.75) is 38.6 Å². The average molecular weight is 242 g/mol. The number of ether oxygens (including phenoxy) is 1. The number of nitrogens with zero attached hydrogens (tertiary/aromatic N) is 1. The van der Waals surface area contributed by atoms with Gasteiger partial charge in [-0.15, -0.1) is 0 Å². The molecule has 0 radical (unpaired) electrons. The summed E-state index contributed by atoms with van der Waals surface area (Å²) in [5.74, 6) is 0.169. The van der Waals surface area contributed by atoms with Gasteiger partial charge in [0, 0.05) is 19.7 Å². The number of rotatable bonds is 8. The van der Waals surface area contributed by atoms with Crippen LogP contribution in [0.25, 0.3) is 0 Å². The second-order valence-corrected chi connectivity index (χ2v) is 5.33. The van der Waals surface area contributed by atoms with Gasteiger partial charge in [0.05, 0.1) is 12.0 Å². The van der Waals surface area contributed by atoms with E-state index in [1.165, 1.54) is 0 Å². The summed E-state index contributed by atoms with van der Waals surface area (Å²) in [7, 11) is 5.79. The van der Waals surface area contributed by atoms with Crippen LogP contribution in [0.2, 0.25) is 0 Å². The van der Waals surface area contributed by atoms with E-state index in [1.54, 1.807) is 7.11 Å². The molecule has 1 aliphatic rings. The van der Waals surface area contributed by atoms with Crippen molar-refractivity contribution in [3.8, 4) is 0 Å². The maximum atomic E-state index is 12.0. The average Bonchev–Trinajstić information content (AvgIpc) is 3.05. The van der Waals surface area contributed by atoms with E-state index in [4.69, 9.17) is 4.74 Å². The van der Waals surface area contributed by atoms with E-state index in [1.807, 2.05) is 0 Å². The molecule has 17 heavy (non-hydrogen) atoms. The fraction of sp³-hybridized carbons (Fsp3) is 0.923. The van der Waals surface area contributed by atoms with Crippen LogP contribution in [0.1, 0.15) is 32.6 Å². The third kappa shape index (κ3) is 3.96. The van der Waals surface area contributed by atoms with Gasteiger partial charge in [-0.1, -0.05) is 13.3 Å². The molecule has 1 atom stereocenters. The Balaban J connectivity index is 2.36. The van der Waals surface area contributed by atoms with Gasteiger partial charge >= 0.3 is 0 Å². The van der Waals surface area contributed by atoms with Gasteiger partial charge in [-0.25, -0.2) is 0 Å². The second-order valence-electron chi connectivity index (χ2n) is 5.33. The van der Waals surface area contributed by atoms with E-state index in [0.717, 1.165) is 32.2 Å². The molecule has 4 nitrogen and oxygen atoms in total. The normalized spacial score (nSPS) is 19.1. The van der Waals surface area contributed by atoms with Gasteiger partial charge in [0.15, 0.2) is 0 Å². The highest BCUT2D eigenvalue weighted by Crippen LogP contribution is 2.45. The Morgan fingerprint density at radius 1 is 1.47 bits per heavy atom. The monoisotopic (exact) mass is 242 g/mol. The van der Waals surface area contributed by atoms with Crippen LogP contribution in [0.3, 0.4) is 0 Å². The fourth-order valence-electron chi connectivity index (χ4n) is 2.14. The highest BCUT2D eigenvalue weighted by molar-refractivity contribution is 5.85. The number of methoxy groups -OCH3 is 1. The highest BCUT2D eigenvalue weighted by Gasteiger charge is 2.49. The molecule has 0 aliphatic heterocycles. The number of amides is 1. The minimum atomic E-state index is -0.210. The molecule has 1 aliphatic carbocycles. The first-order valence-electron chi connectivity index (χ1n) is 6.49. The van der Waals surface area contributed by atoms with Crippen molar-refractivity contribution in [2.75, 3.05) is 34.4 Å². The Bertz CT molecular complexity index is 250. The number of nitrogens with one attached hydrogen (secondary N) is 1. The van der Waals surface area contributed by atoms with Crippen LogP contribution in [0.4, 0.5) is 0 Å². The molecule has 0 bridgehead atoms. The van der Waals surface area contributed by atoms with Crippen molar-refractivity contribution in [3.05, 3.63) is 0 Å². The van der Waals surface area contributed by atoms with E-state index in [0.29, 0.717) is 12.6 Å². The molecule has 1 fully saturated rings. The summed E-state index contributed by atoms with van der Waals surface area (Å²) in [4.78, 5) is 14.2. The van der Waals surface area contributed by atoms with Crippen molar-refractivity contribution in [2.24, 2.45) is 5.41 Å². The largest absolute Gasteiger partial charge is 0.384 e. The van der Waals surface area contributed by atoms with Gasteiger partial charge in [0.25, 0.3) is 0 Å². The zero-order chi connectivity index (χ0) is 12.9. The molecule has 1 N–H and O–H groups in total. The Morgan fingerprint density at radius 2 is 2.12 bits per heavy atom. The van der Waals surface area contributed by atoms with Crippen LogP contribution in [-0.2, 0) is 9.53 Å². The van der Waals surface area contributed by atoms with Crippen LogP contribution < -0.4 is 5.32 Å². The summed E-state index contributed by atoms with van der Waals surface area (Å²) in [6, 6.07) is 0.433. The maximum absolute atomic E-state index is 12.0. The van der Waals surface area contributed by atoms with Gasteiger partial charge in [0.2, 0.25) is 5.91 Å². The van der Waals surface area contributed by atoms with Crippen LogP contribution in [-0.4, -0.2) is 51.2 Å². The summed E-state index contributed by atoms with van der Waals surface area (Å²) >= 11 is 0. The van der Waals surface area contributed by atoms with Crippen molar-refractivity contribution >= 4 is 5.91 Å². The lowest BCUT2D eigenvalue weighted by atomic mass is 10.1. The van der Waals surface area contributed by atoms with E-state index < -0.39 is 0 Å². The lowest BCUT2D eigenvalue weighted by molar-refractivity contribution is -0.128. The second kappa shape index (κ2) is 6.36. The molecule has 0 aromatic heterocycles. The van der Waals surface area contributed by atoms with Gasteiger partial charge in [-0.2, -0.15) is 0 Å². The van der Waals surface area contributed by atoms with Crippen molar-refractivity contribution in [1.82, 2.24) is 10.2 Å². The Hall–Kier alpha value is -0.610. The molecule has 0 saturated heterocycles. The van der Waals surface area contributed by atoms with Crippen LogP contribution in [0.15, 0.2) is 0 Å². The first-order valence-corrected chi connectivity index (χ1v) is 6.49. The molecular weight excluding hydrogens is 216 g/mol. The number of carbonyl (C=O) groups is 1. The quantitative estimate of drug-likeness (QED) is 0.697. The van der Waals surface area contributed by atoms with Crippen LogP contribution >= 0.6 is 0 Å². The van der Waals surface area contributed by atoms with E-state index in [-0.39, 0.29) is 11.3 Å². The van der Waals surface area contributed by atoms with Gasteiger partial charge in [0.1, 0.15) is 0 Å². The lowest BCUT2D eigenvalue weighted by Crippen LogP contribution is -2.43. The zero-order valence-corrected chi connectivity index (χ0v) is 11.6. The summed E-state index contributed by atoms with van der Waals surface area (Å²) in [5.41, 5.74) is -0.210. The standard InChI is InChI=1S/C13H26N2O2/c1-5-6-11(15(2)3)9-14-12(16)13(7-8-13)10-17-4/h11H,5-10H2,1-4H3,(H,14,16)/t11-/m1/s1. The van der Waals surface area contributed by atoms with Gasteiger partial charge < -0.3 is 15.0 Å². The van der Waals surface area contributed by atoms with Crippen molar-refractivity contribution in [3.63, 3.8) is 0 Å². The number of hydrogen-bond donors (Lipinski definition) is 1. The fourth-order valence-corrected chi connectivity index (χ4v) is 2.14. The number of carbonyl (C=O) groups excluding carboxylic acids is 1. The Labute approximate surface area is 105 Å². The van der Waals surface area contributed by atoms with E-state index in [9.17, 15) is 4.79 Å². The lowest BCUT2D eigenvalue weighted by Gasteiger charge is -2.25. The number of hydrogen-bond acceptors (Lipinski definition) is 3. The molecule has 0 spiro atoms. The predicted molar refractivity (Wildman–Crippen MR) is 68.9 cm³/mol. The molecule has 0 unspecified atom stereocenters. The SMILES string of the molecule is CCC[C@H](CNC(=O)C1(COC)CC1)N(C)C. The molecule has 1 rings (SSSR count). The molecule has 0 aromatic carbocycles. The molecule has 4 heteroatoms. The van der Waals surface area contributed by atoms with Gasteiger partial charge in [-0.3, -0.25) is 4.79 Å². The highest BCUT2D eigenvalue weighted by atomic mass is 16.5. The molecule has 0 heterocycles.